The van der Waals surface area contributed by atoms with Crippen molar-refractivity contribution in [1.82, 2.24) is 0 Å². The standard InChI is InChI=1S/C10H13BrO/c1-7(2)6-9(11)10-8(3)4-5-12-10/h6H,3-5H2,1-2H3/b10-9-. The first kappa shape index (κ1) is 9.59. The molecule has 1 nitrogen and oxygen atoms in total. The molecule has 0 N–H and O–H groups in total. The minimum absolute atomic E-state index is 0.764. The molecule has 0 aromatic heterocycles. The first-order valence-electron chi connectivity index (χ1n) is 3.97. The van der Waals surface area contributed by atoms with Gasteiger partial charge in [-0.3, -0.25) is 0 Å². The predicted octanol–water partition coefficient (Wildman–Crippen LogP) is 3.54. The maximum absolute atomic E-state index is 5.42. The van der Waals surface area contributed by atoms with Crippen LogP contribution in [0, 0.1) is 0 Å². The van der Waals surface area contributed by atoms with Gasteiger partial charge in [0.15, 0.2) is 0 Å². The molecule has 0 atom stereocenters. The summed E-state index contributed by atoms with van der Waals surface area (Å²) in [5, 5.41) is 0. The number of halogens is 1. The molecular weight excluding hydrogens is 216 g/mol. The summed E-state index contributed by atoms with van der Waals surface area (Å²) in [5.41, 5.74) is 2.33. The zero-order chi connectivity index (χ0) is 9.14. The maximum atomic E-state index is 5.42. The molecule has 1 aliphatic rings. The van der Waals surface area contributed by atoms with Gasteiger partial charge in [-0.2, -0.15) is 0 Å². The second-order valence-electron chi connectivity index (χ2n) is 3.10. The fourth-order valence-corrected chi connectivity index (χ4v) is 1.90. The molecule has 1 rings (SSSR count). The van der Waals surface area contributed by atoms with Crippen molar-refractivity contribution in [3.63, 3.8) is 0 Å². The molecule has 1 heterocycles. The predicted molar refractivity (Wildman–Crippen MR) is 55.1 cm³/mol. The van der Waals surface area contributed by atoms with E-state index in [2.05, 4.69) is 36.4 Å². The normalized spacial score (nSPS) is 20.4. The summed E-state index contributed by atoms with van der Waals surface area (Å²) in [6.07, 6.45) is 2.99. The third kappa shape index (κ3) is 2.24. The Kier molecular flexibility index (Phi) is 3.15. The molecule has 2 heteroatoms. The lowest BCUT2D eigenvalue weighted by molar-refractivity contribution is 0.265. The average molecular weight is 229 g/mol. The first-order chi connectivity index (χ1) is 5.61. The Morgan fingerprint density at radius 3 is 2.67 bits per heavy atom. The van der Waals surface area contributed by atoms with Crippen LogP contribution >= 0.6 is 15.9 Å². The molecule has 0 spiro atoms. The minimum atomic E-state index is 0.764. The Hall–Kier alpha value is -0.500. The van der Waals surface area contributed by atoms with Crippen molar-refractivity contribution >= 4 is 15.9 Å². The molecule has 0 aromatic rings. The topological polar surface area (TPSA) is 9.23 Å². The monoisotopic (exact) mass is 228 g/mol. The van der Waals surface area contributed by atoms with Gasteiger partial charge in [0, 0.05) is 6.42 Å². The van der Waals surface area contributed by atoms with E-state index in [1.165, 1.54) is 5.57 Å². The summed E-state index contributed by atoms with van der Waals surface area (Å²) in [6, 6.07) is 0. The molecule has 0 amide bonds. The lowest BCUT2D eigenvalue weighted by Gasteiger charge is -2.01. The molecule has 0 unspecified atom stereocenters. The van der Waals surface area contributed by atoms with Crippen LogP contribution in [0.15, 0.2) is 34.0 Å². The summed E-state index contributed by atoms with van der Waals surface area (Å²) in [7, 11) is 0. The largest absolute Gasteiger partial charge is 0.492 e. The van der Waals surface area contributed by atoms with Gasteiger partial charge in [0.25, 0.3) is 0 Å². The highest BCUT2D eigenvalue weighted by molar-refractivity contribution is 9.11. The molecule has 0 aliphatic carbocycles. The highest BCUT2D eigenvalue weighted by atomic mass is 79.9. The van der Waals surface area contributed by atoms with Crippen molar-refractivity contribution in [2.24, 2.45) is 0 Å². The van der Waals surface area contributed by atoms with Crippen molar-refractivity contribution in [1.29, 1.82) is 0 Å². The quantitative estimate of drug-likeness (QED) is 0.668. The van der Waals surface area contributed by atoms with Gasteiger partial charge in [-0.1, -0.05) is 12.2 Å². The molecule has 0 radical (unpaired) electrons. The van der Waals surface area contributed by atoms with Crippen LogP contribution in [0.25, 0.3) is 0 Å². The van der Waals surface area contributed by atoms with Crippen molar-refractivity contribution in [2.75, 3.05) is 6.61 Å². The van der Waals surface area contributed by atoms with Gasteiger partial charge in [0.1, 0.15) is 5.76 Å². The number of allylic oxidation sites excluding steroid dienone is 4. The third-order valence-corrected chi connectivity index (χ3v) is 2.19. The smallest absolute Gasteiger partial charge is 0.136 e. The Morgan fingerprint density at radius 1 is 1.58 bits per heavy atom. The van der Waals surface area contributed by atoms with Crippen molar-refractivity contribution in [3.8, 4) is 0 Å². The van der Waals surface area contributed by atoms with Gasteiger partial charge in [-0.25, -0.2) is 0 Å². The van der Waals surface area contributed by atoms with Gasteiger partial charge in [-0.05, 0) is 41.4 Å². The van der Waals surface area contributed by atoms with E-state index < -0.39 is 0 Å². The maximum Gasteiger partial charge on any atom is 0.136 e. The molecule has 1 aliphatic heterocycles. The van der Waals surface area contributed by atoms with Crippen LogP contribution in [-0.2, 0) is 4.74 Å². The highest BCUT2D eigenvalue weighted by Gasteiger charge is 2.15. The fraction of sp³-hybridized carbons (Fsp3) is 0.400. The number of hydrogen-bond donors (Lipinski definition) is 0. The van der Waals surface area contributed by atoms with Gasteiger partial charge in [0.05, 0.1) is 11.1 Å². The van der Waals surface area contributed by atoms with Crippen LogP contribution in [0.3, 0.4) is 0 Å². The Bertz CT molecular complexity index is 257. The second kappa shape index (κ2) is 3.94. The summed E-state index contributed by atoms with van der Waals surface area (Å²) in [4.78, 5) is 0. The van der Waals surface area contributed by atoms with Gasteiger partial charge in [0.2, 0.25) is 0 Å². The van der Waals surface area contributed by atoms with Crippen LogP contribution in [0.2, 0.25) is 0 Å². The van der Waals surface area contributed by atoms with Gasteiger partial charge >= 0.3 is 0 Å². The van der Waals surface area contributed by atoms with E-state index in [0.29, 0.717) is 0 Å². The lowest BCUT2D eigenvalue weighted by Crippen LogP contribution is -1.83. The van der Waals surface area contributed by atoms with Crippen molar-refractivity contribution in [3.05, 3.63) is 34.0 Å². The molecule has 0 bridgehead atoms. The number of rotatable bonds is 1. The molecule has 1 fully saturated rings. The summed E-state index contributed by atoms with van der Waals surface area (Å²) < 4.78 is 6.42. The fourth-order valence-electron chi connectivity index (χ4n) is 1.05. The van der Waals surface area contributed by atoms with E-state index in [1.807, 2.05) is 6.08 Å². The Labute approximate surface area is 81.9 Å². The van der Waals surface area contributed by atoms with Crippen LogP contribution in [0.5, 0.6) is 0 Å². The highest BCUT2D eigenvalue weighted by Crippen LogP contribution is 2.29. The van der Waals surface area contributed by atoms with E-state index in [9.17, 15) is 0 Å². The van der Waals surface area contributed by atoms with Crippen LogP contribution in [-0.4, -0.2) is 6.61 Å². The van der Waals surface area contributed by atoms with Gasteiger partial charge < -0.3 is 4.74 Å². The van der Waals surface area contributed by atoms with Crippen molar-refractivity contribution in [2.45, 2.75) is 20.3 Å². The van der Waals surface area contributed by atoms with Crippen molar-refractivity contribution < 1.29 is 4.74 Å². The SMILES string of the molecule is C=C1CCO/C1=C(\Br)C=C(C)C. The average Bonchev–Trinajstić information content (AvgIpc) is 2.33. The molecular formula is C10H13BrO. The van der Waals surface area contributed by atoms with Crippen LogP contribution < -0.4 is 0 Å². The molecule has 1 saturated heterocycles. The van der Waals surface area contributed by atoms with E-state index in [1.54, 1.807) is 0 Å². The van der Waals surface area contributed by atoms with Crippen LogP contribution in [0.4, 0.5) is 0 Å². The summed E-state index contributed by atoms with van der Waals surface area (Å²) in [6.45, 7) is 8.80. The summed E-state index contributed by atoms with van der Waals surface area (Å²) in [5.74, 6) is 0.913. The first-order valence-corrected chi connectivity index (χ1v) is 4.76. The van der Waals surface area contributed by atoms with Crippen LogP contribution in [0.1, 0.15) is 20.3 Å². The summed E-state index contributed by atoms with van der Waals surface area (Å²) >= 11 is 3.46. The second-order valence-corrected chi connectivity index (χ2v) is 3.96. The Balaban J connectivity index is 2.89. The molecule has 0 aromatic carbocycles. The van der Waals surface area contributed by atoms with E-state index in [-0.39, 0.29) is 0 Å². The Morgan fingerprint density at radius 2 is 2.25 bits per heavy atom. The van der Waals surface area contributed by atoms with E-state index in [4.69, 9.17) is 4.74 Å². The van der Waals surface area contributed by atoms with E-state index in [0.717, 1.165) is 28.8 Å². The zero-order valence-corrected chi connectivity index (χ0v) is 9.07. The van der Waals surface area contributed by atoms with E-state index >= 15 is 0 Å². The third-order valence-electron chi connectivity index (χ3n) is 1.60. The minimum Gasteiger partial charge on any atom is -0.492 e. The molecule has 0 saturated carbocycles. The number of ether oxygens (including phenoxy) is 1. The van der Waals surface area contributed by atoms with Gasteiger partial charge in [-0.15, -0.1) is 0 Å². The molecule has 12 heavy (non-hydrogen) atoms. The lowest BCUT2D eigenvalue weighted by atomic mass is 10.2. The zero-order valence-electron chi connectivity index (χ0n) is 7.48. The number of hydrogen-bond acceptors (Lipinski definition) is 1. The molecule has 66 valence electrons.